The van der Waals surface area contributed by atoms with Crippen molar-refractivity contribution in [2.75, 3.05) is 6.54 Å². The number of nitrogens with two attached hydrogens (primary N) is 1. The number of benzene rings is 1. The summed E-state index contributed by atoms with van der Waals surface area (Å²) < 4.78 is 0. The number of carbonyl (C=O) groups is 1. The van der Waals surface area contributed by atoms with Crippen molar-refractivity contribution in [3.8, 4) is 0 Å². The fourth-order valence-corrected chi connectivity index (χ4v) is 0.385. The van der Waals surface area contributed by atoms with Crippen LogP contribution in [0.2, 0.25) is 0 Å². The van der Waals surface area contributed by atoms with E-state index < -0.39 is 5.97 Å². The summed E-state index contributed by atoms with van der Waals surface area (Å²) in [6.45, 7) is 5.61. The van der Waals surface area contributed by atoms with Crippen molar-refractivity contribution in [2.45, 2.75) is 6.92 Å². The second-order valence-electron chi connectivity index (χ2n) is 2.11. The molecule has 0 atom stereocenters. The van der Waals surface area contributed by atoms with Gasteiger partial charge in [-0.1, -0.05) is 49.9 Å². The van der Waals surface area contributed by atoms with Gasteiger partial charge >= 0.3 is 5.97 Å². The molecule has 0 radical (unpaired) electrons. The average molecular weight is 195 g/mol. The molecule has 0 aliphatic rings. The molecule has 0 fully saturated rings. The van der Waals surface area contributed by atoms with Gasteiger partial charge in [-0.25, -0.2) is 4.79 Å². The molecule has 0 saturated carbocycles. The molecule has 0 unspecified atom stereocenters. The van der Waals surface area contributed by atoms with Crippen LogP contribution in [0.1, 0.15) is 6.92 Å². The van der Waals surface area contributed by atoms with Gasteiger partial charge < -0.3 is 10.8 Å². The molecule has 1 aromatic rings. The smallest absolute Gasteiger partial charge is 0.327 e. The first-order valence-corrected chi connectivity index (χ1v) is 4.24. The standard InChI is InChI=1S/C6H6.C3H4O2.C2H7N/c1-2-4-6-5-3-1;1-2-3(4)5;1-2-3/h1-6H;2H,1H2,(H,4,5);2-3H2,1H3. The molecule has 0 spiro atoms. The Morgan fingerprint density at radius 1 is 1.29 bits per heavy atom. The molecule has 3 nitrogen and oxygen atoms in total. The first-order valence-electron chi connectivity index (χ1n) is 4.24. The normalized spacial score (nSPS) is 7.00. The molecule has 1 aromatic carbocycles. The quantitative estimate of drug-likeness (QED) is 0.673. The Hall–Kier alpha value is -1.61. The number of carboxylic acids is 1. The van der Waals surface area contributed by atoms with Crippen LogP contribution in [0.5, 0.6) is 0 Å². The van der Waals surface area contributed by atoms with Crippen LogP contribution in [0, 0.1) is 0 Å². The zero-order valence-corrected chi connectivity index (χ0v) is 8.39. The van der Waals surface area contributed by atoms with E-state index in [2.05, 4.69) is 6.58 Å². The van der Waals surface area contributed by atoms with E-state index in [4.69, 9.17) is 10.8 Å². The van der Waals surface area contributed by atoms with Crippen LogP contribution in [-0.4, -0.2) is 17.6 Å². The predicted molar refractivity (Wildman–Crippen MR) is 59.0 cm³/mol. The van der Waals surface area contributed by atoms with Gasteiger partial charge in [-0.05, 0) is 6.54 Å². The predicted octanol–water partition coefficient (Wildman–Crippen LogP) is 1.91. The van der Waals surface area contributed by atoms with Gasteiger partial charge in [0.25, 0.3) is 0 Å². The molecule has 0 amide bonds. The first kappa shape index (κ1) is 14.9. The van der Waals surface area contributed by atoms with Gasteiger partial charge in [0.15, 0.2) is 0 Å². The topological polar surface area (TPSA) is 63.3 Å². The number of rotatable bonds is 1. The monoisotopic (exact) mass is 195 g/mol. The highest BCUT2D eigenvalue weighted by Gasteiger charge is 1.73. The third kappa shape index (κ3) is 22.4. The molecule has 3 heteroatoms. The Balaban J connectivity index is 0. The van der Waals surface area contributed by atoms with Gasteiger partial charge in [0, 0.05) is 6.08 Å². The molecule has 0 heterocycles. The van der Waals surface area contributed by atoms with E-state index in [1.165, 1.54) is 0 Å². The van der Waals surface area contributed by atoms with Crippen LogP contribution in [0.25, 0.3) is 0 Å². The Morgan fingerprint density at radius 3 is 1.50 bits per heavy atom. The fourth-order valence-electron chi connectivity index (χ4n) is 0.385. The summed E-state index contributed by atoms with van der Waals surface area (Å²) in [5, 5.41) is 7.60. The van der Waals surface area contributed by atoms with E-state index in [1.807, 2.05) is 43.3 Å². The Bertz CT molecular complexity index is 195. The molecule has 0 saturated heterocycles. The summed E-state index contributed by atoms with van der Waals surface area (Å²) in [4.78, 5) is 9.25. The minimum absolute atomic E-state index is 0.750. The second-order valence-corrected chi connectivity index (χ2v) is 2.11. The van der Waals surface area contributed by atoms with E-state index in [0.29, 0.717) is 0 Å². The lowest BCUT2D eigenvalue weighted by Crippen LogP contribution is -1.87. The van der Waals surface area contributed by atoms with E-state index >= 15 is 0 Å². The minimum Gasteiger partial charge on any atom is -0.478 e. The molecule has 78 valence electrons. The number of aliphatic carboxylic acids is 1. The van der Waals surface area contributed by atoms with Crippen LogP contribution < -0.4 is 5.73 Å². The highest BCUT2D eigenvalue weighted by molar-refractivity contribution is 5.78. The Kier molecular flexibility index (Phi) is 14.8. The number of hydrogen-bond donors (Lipinski definition) is 2. The van der Waals surface area contributed by atoms with Crippen LogP contribution in [0.4, 0.5) is 0 Å². The van der Waals surface area contributed by atoms with Gasteiger partial charge in [-0.2, -0.15) is 0 Å². The Morgan fingerprint density at radius 2 is 1.43 bits per heavy atom. The van der Waals surface area contributed by atoms with Crippen LogP contribution >= 0.6 is 0 Å². The molecule has 0 bridgehead atoms. The lowest BCUT2D eigenvalue weighted by Gasteiger charge is -1.69. The second kappa shape index (κ2) is 13.9. The first-order chi connectivity index (χ1) is 6.68. The summed E-state index contributed by atoms with van der Waals surface area (Å²) >= 11 is 0. The lowest BCUT2D eigenvalue weighted by molar-refractivity contribution is -0.131. The molecular weight excluding hydrogens is 178 g/mol. The molecule has 0 aliphatic heterocycles. The maximum absolute atomic E-state index is 9.25. The molecular formula is C11H17NO2. The highest BCUT2D eigenvalue weighted by Crippen LogP contribution is 1.79. The van der Waals surface area contributed by atoms with Crippen molar-refractivity contribution in [3.63, 3.8) is 0 Å². The molecule has 14 heavy (non-hydrogen) atoms. The third-order valence-corrected chi connectivity index (χ3v) is 0.841. The number of hydrogen-bond acceptors (Lipinski definition) is 2. The SMILES string of the molecule is C=CC(=O)O.CCN.c1ccccc1. The van der Waals surface area contributed by atoms with E-state index in [1.54, 1.807) is 0 Å². The molecule has 0 aromatic heterocycles. The van der Waals surface area contributed by atoms with Crippen molar-refractivity contribution in [1.29, 1.82) is 0 Å². The average Bonchev–Trinajstić information content (AvgIpc) is 2.22. The maximum Gasteiger partial charge on any atom is 0.327 e. The summed E-state index contributed by atoms with van der Waals surface area (Å²) in [7, 11) is 0. The third-order valence-electron chi connectivity index (χ3n) is 0.841. The minimum atomic E-state index is -0.981. The van der Waals surface area contributed by atoms with Crippen LogP contribution in [0.3, 0.4) is 0 Å². The van der Waals surface area contributed by atoms with Gasteiger partial charge in [-0.3, -0.25) is 0 Å². The van der Waals surface area contributed by atoms with Crippen molar-refractivity contribution in [1.82, 2.24) is 0 Å². The summed E-state index contributed by atoms with van der Waals surface area (Å²) in [5.74, 6) is -0.981. The largest absolute Gasteiger partial charge is 0.478 e. The molecule has 3 N–H and O–H groups in total. The summed E-state index contributed by atoms with van der Waals surface area (Å²) in [5.41, 5.74) is 4.85. The maximum atomic E-state index is 9.25. The van der Waals surface area contributed by atoms with Gasteiger partial charge in [0.05, 0.1) is 0 Å². The fraction of sp³-hybridized carbons (Fsp3) is 0.182. The zero-order valence-electron chi connectivity index (χ0n) is 8.39. The van der Waals surface area contributed by atoms with E-state index in [-0.39, 0.29) is 0 Å². The van der Waals surface area contributed by atoms with E-state index in [9.17, 15) is 4.79 Å². The molecule has 0 aliphatic carbocycles. The zero-order chi connectivity index (χ0) is 11.2. The summed E-state index contributed by atoms with van der Waals surface area (Å²) in [6.07, 6.45) is 0.833. The molecule has 1 rings (SSSR count). The van der Waals surface area contributed by atoms with Crippen molar-refractivity contribution in [3.05, 3.63) is 49.1 Å². The highest BCUT2D eigenvalue weighted by atomic mass is 16.4. The van der Waals surface area contributed by atoms with E-state index in [0.717, 1.165) is 12.6 Å². The van der Waals surface area contributed by atoms with Crippen molar-refractivity contribution >= 4 is 5.97 Å². The summed E-state index contributed by atoms with van der Waals surface area (Å²) in [6, 6.07) is 12.0. The van der Waals surface area contributed by atoms with Gasteiger partial charge in [-0.15, -0.1) is 0 Å². The lowest BCUT2D eigenvalue weighted by atomic mass is 10.4. The van der Waals surface area contributed by atoms with Gasteiger partial charge in [0.2, 0.25) is 0 Å². The number of carboxylic acid groups (broad SMARTS) is 1. The van der Waals surface area contributed by atoms with Crippen molar-refractivity contribution in [2.24, 2.45) is 5.73 Å². The van der Waals surface area contributed by atoms with Crippen LogP contribution in [0.15, 0.2) is 49.1 Å². The van der Waals surface area contributed by atoms with Crippen LogP contribution in [-0.2, 0) is 4.79 Å². The Labute approximate surface area is 84.9 Å². The van der Waals surface area contributed by atoms with Gasteiger partial charge in [0.1, 0.15) is 0 Å². The van der Waals surface area contributed by atoms with Crippen molar-refractivity contribution < 1.29 is 9.90 Å².